The summed E-state index contributed by atoms with van der Waals surface area (Å²) in [6, 6.07) is 25.6. The van der Waals surface area contributed by atoms with Gasteiger partial charge in [-0.15, -0.1) is 0 Å². The minimum Gasteiger partial charge on any atom is -0.465 e. The van der Waals surface area contributed by atoms with Crippen LogP contribution in [-0.4, -0.2) is 30.9 Å². The van der Waals surface area contributed by atoms with Gasteiger partial charge in [0.2, 0.25) is 0 Å². The zero-order valence-corrected chi connectivity index (χ0v) is 22.6. The molecular weight excluding hydrogens is 492 g/mol. The van der Waals surface area contributed by atoms with E-state index in [1.54, 1.807) is 14.0 Å². The highest BCUT2D eigenvalue weighted by atomic mass is 16.6. The fourth-order valence-electron chi connectivity index (χ4n) is 4.86. The lowest BCUT2D eigenvalue weighted by atomic mass is 9.93. The molecule has 0 N–H and O–H groups in total. The number of carbonyl (C=O) groups excluding carboxylic acids is 2. The van der Waals surface area contributed by atoms with Crippen LogP contribution in [0.5, 0.6) is 0 Å². The molecule has 0 saturated heterocycles. The van der Waals surface area contributed by atoms with E-state index in [0.29, 0.717) is 23.7 Å². The van der Waals surface area contributed by atoms with E-state index < -0.39 is 17.6 Å². The molecule has 1 aliphatic carbocycles. The summed E-state index contributed by atoms with van der Waals surface area (Å²) in [5.74, 6) is 0.356. The predicted octanol–water partition coefficient (Wildman–Crippen LogP) is 7.25. The van der Waals surface area contributed by atoms with Crippen molar-refractivity contribution in [1.29, 1.82) is 0 Å². The molecule has 200 valence electrons. The molecule has 7 nitrogen and oxygen atoms in total. The molecule has 1 aromatic heterocycles. The minimum atomic E-state index is -0.494. The summed E-state index contributed by atoms with van der Waals surface area (Å²) in [5.41, 5.74) is 5.44. The van der Waals surface area contributed by atoms with E-state index in [1.807, 2.05) is 92.7 Å². The first kappa shape index (κ1) is 26.2. The van der Waals surface area contributed by atoms with Gasteiger partial charge in [-0.25, -0.2) is 4.79 Å². The minimum absolute atomic E-state index is 0.136. The number of ether oxygens (including phenoxy) is 2. The second-order valence-electron chi connectivity index (χ2n) is 9.90. The number of nitrogens with zero attached hydrogens (tertiary/aromatic N) is 2. The zero-order chi connectivity index (χ0) is 27.6. The molecule has 0 spiro atoms. The first-order valence-electron chi connectivity index (χ1n) is 13.2. The van der Waals surface area contributed by atoms with Crippen molar-refractivity contribution in [3.05, 3.63) is 95.7 Å². The van der Waals surface area contributed by atoms with Crippen LogP contribution in [0.3, 0.4) is 0 Å². The Morgan fingerprint density at radius 2 is 1.54 bits per heavy atom. The van der Waals surface area contributed by atoms with Crippen molar-refractivity contribution < 1.29 is 23.6 Å². The molecule has 1 atom stereocenters. The summed E-state index contributed by atoms with van der Waals surface area (Å²) < 4.78 is 16.6. The molecule has 1 amide bonds. The molecule has 1 aliphatic rings. The summed E-state index contributed by atoms with van der Waals surface area (Å²) >= 11 is 0. The summed E-state index contributed by atoms with van der Waals surface area (Å²) in [5, 5.41) is 4.12. The van der Waals surface area contributed by atoms with Gasteiger partial charge in [0.05, 0.1) is 12.0 Å². The Labute approximate surface area is 228 Å². The van der Waals surface area contributed by atoms with E-state index in [2.05, 4.69) is 5.16 Å². The average molecular weight is 525 g/mol. The van der Waals surface area contributed by atoms with Crippen molar-refractivity contribution in [2.75, 3.05) is 18.6 Å². The number of esters is 1. The summed E-state index contributed by atoms with van der Waals surface area (Å²) in [6.45, 7) is 5.86. The first-order valence-corrected chi connectivity index (χ1v) is 13.2. The SMILES string of the molecule is CCOC(=O)C1(c2ccc(-c3ccc(-c4onc(C)c4N(C)C(=O)OC(C)c4ccccc4)cc3)cc2)CC1. The number of hydrogen-bond donors (Lipinski definition) is 0. The van der Waals surface area contributed by atoms with Crippen LogP contribution in [0.25, 0.3) is 22.5 Å². The average Bonchev–Trinajstić information content (AvgIpc) is 3.69. The molecule has 1 fully saturated rings. The lowest BCUT2D eigenvalue weighted by Gasteiger charge is -2.20. The Hall–Kier alpha value is -4.39. The number of carbonyl (C=O) groups is 2. The Morgan fingerprint density at radius 3 is 2.13 bits per heavy atom. The predicted molar refractivity (Wildman–Crippen MR) is 149 cm³/mol. The molecule has 4 aromatic rings. The lowest BCUT2D eigenvalue weighted by Crippen LogP contribution is -2.28. The number of aromatic nitrogens is 1. The zero-order valence-electron chi connectivity index (χ0n) is 22.6. The fraction of sp³-hybridized carbons (Fsp3) is 0.281. The smallest absolute Gasteiger partial charge is 0.414 e. The Bertz CT molecular complexity index is 1450. The van der Waals surface area contributed by atoms with Gasteiger partial charge in [0, 0.05) is 12.6 Å². The van der Waals surface area contributed by atoms with Crippen molar-refractivity contribution in [2.45, 2.75) is 45.1 Å². The lowest BCUT2D eigenvalue weighted by molar-refractivity contribution is -0.146. The van der Waals surface area contributed by atoms with Gasteiger partial charge in [-0.05, 0) is 55.9 Å². The van der Waals surface area contributed by atoms with Crippen LogP contribution < -0.4 is 4.90 Å². The number of aryl methyl sites for hydroxylation is 1. The third-order valence-corrected chi connectivity index (χ3v) is 7.32. The van der Waals surface area contributed by atoms with Crippen LogP contribution in [0.1, 0.15) is 49.6 Å². The number of rotatable bonds is 8. The van der Waals surface area contributed by atoms with E-state index in [0.717, 1.165) is 40.7 Å². The van der Waals surface area contributed by atoms with E-state index in [-0.39, 0.29) is 5.97 Å². The standard InChI is InChI=1S/C32H32N2O5/c1-5-37-30(35)32(19-20-32)27-17-15-25(16-18-27)24-11-13-26(14-12-24)29-28(21(2)33-39-29)34(4)31(36)38-22(3)23-9-7-6-8-10-23/h6-18,22H,5,19-20H2,1-4H3. The first-order chi connectivity index (χ1) is 18.8. The molecule has 39 heavy (non-hydrogen) atoms. The van der Waals surface area contributed by atoms with Gasteiger partial charge in [0.1, 0.15) is 17.5 Å². The molecule has 0 aliphatic heterocycles. The van der Waals surface area contributed by atoms with Gasteiger partial charge in [0.15, 0.2) is 5.76 Å². The molecule has 7 heteroatoms. The Balaban J connectivity index is 1.32. The summed E-state index contributed by atoms with van der Waals surface area (Å²) in [7, 11) is 1.65. The van der Waals surface area contributed by atoms with Crippen molar-refractivity contribution in [1.82, 2.24) is 5.16 Å². The molecular formula is C32H32N2O5. The highest BCUT2D eigenvalue weighted by Gasteiger charge is 2.52. The van der Waals surface area contributed by atoms with Gasteiger partial charge in [-0.2, -0.15) is 0 Å². The molecule has 0 bridgehead atoms. The van der Waals surface area contributed by atoms with Crippen LogP contribution in [0.4, 0.5) is 10.5 Å². The molecule has 1 heterocycles. The van der Waals surface area contributed by atoms with Crippen LogP contribution >= 0.6 is 0 Å². The summed E-state index contributed by atoms with van der Waals surface area (Å²) in [4.78, 5) is 26.8. The van der Waals surface area contributed by atoms with Crippen LogP contribution in [0, 0.1) is 6.92 Å². The molecule has 0 radical (unpaired) electrons. The van der Waals surface area contributed by atoms with Gasteiger partial charge >= 0.3 is 12.1 Å². The third kappa shape index (κ3) is 5.17. The van der Waals surface area contributed by atoms with Crippen molar-refractivity contribution in [3.63, 3.8) is 0 Å². The quantitative estimate of drug-likeness (QED) is 0.226. The normalized spacial score (nSPS) is 14.4. The molecule has 1 saturated carbocycles. The monoisotopic (exact) mass is 524 g/mol. The number of amides is 1. The van der Waals surface area contributed by atoms with Gasteiger partial charge in [-0.3, -0.25) is 9.69 Å². The fourth-order valence-corrected chi connectivity index (χ4v) is 4.86. The highest BCUT2D eigenvalue weighted by molar-refractivity contribution is 5.93. The summed E-state index contributed by atoms with van der Waals surface area (Å²) in [6.07, 6.45) is 0.757. The Morgan fingerprint density at radius 1 is 0.949 bits per heavy atom. The Kier molecular flexibility index (Phi) is 7.24. The molecule has 1 unspecified atom stereocenters. The number of anilines is 1. The maximum atomic E-state index is 13.0. The van der Waals surface area contributed by atoms with Crippen molar-refractivity contribution >= 4 is 17.7 Å². The highest BCUT2D eigenvalue weighted by Crippen LogP contribution is 2.49. The van der Waals surface area contributed by atoms with E-state index in [4.69, 9.17) is 14.0 Å². The van der Waals surface area contributed by atoms with Gasteiger partial charge in [0.25, 0.3) is 0 Å². The van der Waals surface area contributed by atoms with Crippen molar-refractivity contribution in [2.24, 2.45) is 0 Å². The van der Waals surface area contributed by atoms with E-state index >= 15 is 0 Å². The van der Waals surface area contributed by atoms with Crippen LogP contribution in [-0.2, 0) is 19.7 Å². The van der Waals surface area contributed by atoms with E-state index in [9.17, 15) is 9.59 Å². The second kappa shape index (κ2) is 10.8. The van der Waals surface area contributed by atoms with Gasteiger partial charge < -0.3 is 14.0 Å². The van der Waals surface area contributed by atoms with Gasteiger partial charge in [-0.1, -0.05) is 84.0 Å². The van der Waals surface area contributed by atoms with Crippen LogP contribution in [0.15, 0.2) is 83.4 Å². The largest absolute Gasteiger partial charge is 0.465 e. The maximum absolute atomic E-state index is 13.0. The topological polar surface area (TPSA) is 81.9 Å². The van der Waals surface area contributed by atoms with E-state index in [1.165, 1.54) is 4.90 Å². The maximum Gasteiger partial charge on any atom is 0.414 e. The van der Waals surface area contributed by atoms with Crippen LogP contribution in [0.2, 0.25) is 0 Å². The molecule has 3 aromatic carbocycles. The number of hydrogen-bond acceptors (Lipinski definition) is 6. The molecule has 5 rings (SSSR count). The van der Waals surface area contributed by atoms with Crippen molar-refractivity contribution in [3.8, 4) is 22.5 Å². The second-order valence-corrected chi connectivity index (χ2v) is 9.90. The third-order valence-electron chi connectivity index (χ3n) is 7.32. The number of benzene rings is 3.